The number of anilines is 1. The molecule has 9 nitrogen and oxygen atoms in total. The zero-order valence-corrected chi connectivity index (χ0v) is 10.9. The highest BCUT2D eigenvalue weighted by atomic mass is 16.6. The van der Waals surface area contributed by atoms with E-state index in [9.17, 15) is 10.1 Å². The van der Waals surface area contributed by atoms with E-state index in [2.05, 4.69) is 20.4 Å². The fraction of sp³-hybridized carbons (Fsp3) is 0.364. The smallest absolute Gasteiger partial charge is 0.372 e. The van der Waals surface area contributed by atoms with Crippen molar-refractivity contribution in [2.45, 2.75) is 13.0 Å². The lowest BCUT2D eigenvalue weighted by molar-refractivity contribution is -0.385. The van der Waals surface area contributed by atoms with Gasteiger partial charge in [-0.05, 0) is 12.5 Å². The Balaban J connectivity index is 1.96. The highest BCUT2D eigenvalue weighted by Crippen LogP contribution is 2.30. The fourth-order valence-electron chi connectivity index (χ4n) is 1.69. The minimum absolute atomic E-state index is 0.0559. The summed E-state index contributed by atoms with van der Waals surface area (Å²) in [6, 6.07) is 1.84. The number of rotatable bonds is 7. The van der Waals surface area contributed by atoms with E-state index in [0.717, 1.165) is 13.0 Å². The standard InChI is InChI=1S/C11H14N6O3/c1-20-11-9(17(18)19)10(13-8-14-11)12-4-2-6-16-7-3-5-15-16/h3,5,7-8H,2,4,6H2,1H3,(H,12,13,14). The van der Waals surface area contributed by atoms with Gasteiger partial charge in [-0.2, -0.15) is 10.1 Å². The molecule has 0 spiro atoms. The number of nitrogens with one attached hydrogen (secondary N) is 1. The number of aromatic nitrogens is 4. The molecule has 0 unspecified atom stereocenters. The lowest BCUT2D eigenvalue weighted by Crippen LogP contribution is -2.10. The van der Waals surface area contributed by atoms with Crippen LogP contribution in [0.3, 0.4) is 0 Å². The van der Waals surface area contributed by atoms with E-state index in [1.54, 1.807) is 10.9 Å². The van der Waals surface area contributed by atoms with Gasteiger partial charge in [0.1, 0.15) is 6.33 Å². The molecule has 0 aliphatic carbocycles. The second-order valence-electron chi connectivity index (χ2n) is 3.89. The van der Waals surface area contributed by atoms with Crippen LogP contribution in [0.4, 0.5) is 11.5 Å². The van der Waals surface area contributed by atoms with E-state index < -0.39 is 4.92 Å². The Morgan fingerprint density at radius 3 is 3.00 bits per heavy atom. The third-order valence-electron chi connectivity index (χ3n) is 2.58. The molecular formula is C11H14N6O3. The third kappa shape index (κ3) is 3.19. The van der Waals surface area contributed by atoms with Gasteiger partial charge in [0.15, 0.2) is 0 Å². The average molecular weight is 278 g/mol. The van der Waals surface area contributed by atoms with Gasteiger partial charge in [0, 0.05) is 25.5 Å². The molecular weight excluding hydrogens is 264 g/mol. The molecule has 0 bridgehead atoms. The Hall–Kier alpha value is -2.71. The number of methoxy groups -OCH3 is 1. The molecule has 0 fully saturated rings. The second kappa shape index (κ2) is 6.45. The lowest BCUT2D eigenvalue weighted by atomic mass is 10.4. The van der Waals surface area contributed by atoms with Crippen LogP contribution in [0, 0.1) is 10.1 Å². The molecule has 2 heterocycles. The van der Waals surface area contributed by atoms with Gasteiger partial charge >= 0.3 is 5.69 Å². The van der Waals surface area contributed by atoms with Gasteiger partial charge < -0.3 is 10.1 Å². The van der Waals surface area contributed by atoms with Gasteiger partial charge in [0.25, 0.3) is 5.88 Å². The maximum absolute atomic E-state index is 11.0. The van der Waals surface area contributed by atoms with Crippen molar-refractivity contribution in [1.82, 2.24) is 19.7 Å². The van der Waals surface area contributed by atoms with Crippen molar-refractivity contribution in [1.29, 1.82) is 0 Å². The largest absolute Gasteiger partial charge is 0.476 e. The van der Waals surface area contributed by atoms with Gasteiger partial charge in [-0.15, -0.1) is 0 Å². The highest BCUT2D eigenvalue weighted by Gasteiger charge is 2.23. The number of ether oxygens (including phenoxy) is 1. The monoisotopic (exact) mass is 278 g/mol. The van der Waals surface area contributed by atoms with Crippen molar-refractivity contribution in [2.24, 2.45) is 0 Å². The molecule has 1 N–H and O–H groups in total. The molecule has 0 aliphatic rings. The molecule has 0 atom stereocenters. The summed E-state index contributed by atoms with van der Waals surface area (Å²) >= 11 is 0. The van der Waals surface area contributed by atoms with Crippen LogP contribution in [0.15, 0.2) is 24.8 Å². The minimum atomic E-state index is -0.561. The van der Waals surface area contributed by atoms with Crippen molar-refractivity contribution >= 4 is 11.5 Å². The molecule has 20 heavy (non-hydrogen) atoms. The first kappa shape index (κ1) is 13.7. The molecule has 0 radical (unpaired) electrons. The van der Waals surface area contributed by atoms with Crippen LogP contribution in [-0.2, 0) is 6.54 Å². The quantitative estimate of drug-likeness (QED) is 0.458. The van der Waals surface area contributed by atoms with Crippen LogP contribution >= 0.6 is 0 Å². The first-order valence-corrected chi connectivity index (χ1v) is 5.97. The van der Waals surface area contributed by atoms with Gasteiger partial charge in [0.2, 0.25) is 5.82 Å². The van der Waals surface area contributed by atoms with Crippen LogP contribution in [0.25, 0.3) is 0 Å². The Bertz CT molecular complexity index is 572. The van der Waals surface area contributed by atoms with Crippen molar-refractivity contribution < 1.29 is 9.66 Å². The van der Waals surface area contributed by atoms with Gasteiger partial charge in [-0.1, -0.05) is 0 Å². The first-order chi connectivity index (χ1) is 9.72. The lowest BCUT2D eigenvalue weighted by Gasteiger charge is -2.07. The molecule has 0 saturated carbocycles. The SMILES string of the molecule is COc1ncnc(NCCCn2cccn2)c1[N+](=O)[O-]. The second-order valence-corrected chi connectivity index (χ2v) is 3.89. The summed E-state index contributed by atoms with van der Waals surface area (Å²) in [7, 11) is 1.33. The van der Waals surface area contributed by atoms with Crippen LogP contribution < -0.4 is 10.1 Å². The van der Waals surface area contributed by atoms with Crippen LogP contribution in [-0.4, -0.2) is 38.3 Å². The van der Waals surface area contributed by atoms with E-state index in [-0.39, 0.29) is 17.4 Å². The molecule has 0 saturated heterocycles. The number of aryl methyl sites for hydroxylation is 1. The van der Waals surface area contributed by atoms with Gasteiger partial charge in [-0.25, -0.2) is 4.98 Å². The predicted molar refractivity (Wildman–Crippen MR) is 70.6 cm³/mol. The van der Waals surface area contributed by atoms with Crippen molar-refractivity contribution in [3.05, 3.63) is 34.9 Å². The molecule has 2 aromatic rings. The van der Waals surface area contributed by atoms with Crippen molar-refractivity contribution in [3.63, 3.8) is 0 Å². The summed E-state index contributed by atoms with van der Waals surface area (Å²) in [5.41, 5.74) is -0.255. The molecule has 9 heteroatoms. The summed E-state index contributed by atoms with van der Waals surface area (Å²) < 4.78 is 6.65. The van der Waals surface area contributed by atoms with Gasteiger partial charge in [0.05, 0.1) is 12.0 Å². The van der Waals surface area contributed by atoms with Crippen LogP contribution in [0.5, 0.6) is 5.88 Å². The molecule has 2 rings (SSSR count). The number of nitrogens with zero attached hydrogens (tertiary/aromatic N) is 5. The highest BCUT2D eigenvalue weighted by molar-refractivity contribution is 5.60. The topological polar surface area (TPSA) is 108 Å². The average Bonchev–Trinajstić information content (AvgIpc) is 2.96. The van der Waals surface area contributed by atoms with E-state index in [4.69, 9.17) is 4.74 Å². The Morgan fingerprint density at radius 2 is 2.35 bits per heavy atom. The zero-order valence-electron chi connectivity index (χ0n) is 10.9. The van der Waals surface area contributed by atoms with E-state index >= 15 is 0 Å². The summed E-state index contributed by atoms with van der Waals surface area (Å²) in [6.07, 6.45) is 5.54. The number of hydrogen-bond donors (Lipinski definition) is 1. The molecule has 0 aliphatic heterocycles. The van der Waals surface area contributed by atoms with E-state index in [1.807, 2.05) is 12.3 Å². The summed E-state index contributed by atoms with van der Waals surface area (Å²) in [5.74, 6) is 0.0990. The normalized spacial score (nSPS) is 10.2. The Kier molecular flexibility index (Phi) is 4.43. The zero-order chi connectivity index (χ0) is 14.4. The maximum atomic E-state index is 11.0. The fourth-order valence-corrected chi connectivity index (χ4v) is 1.69. The number of nitro groups is 1. The van der Waals surface area contributed by atoms with E-state index in [1.165, 1.54) is 13.4 Å². The number of hydrogen-bond acceptors (Lipinski definition) is 7. The first-order valence-electron chi connectivity index (χ1n) is 5.97. The van der Waals surface area contributed by atoms with Gasteiger partial charge in [-0.3, -0.25) is 14.8 Å². The third-order valence-corrected chi connectivity index (χ3v) is 2.58. The molecule has 106 valence electrons. The van der Waals surface area contributed by atoms with E-state index in [0.29, 0.717) is 6.54 Å². The van der Waals surface area contributed by atoms with Crippen molar-refractivity contribution in [2.75, 3.05) is 19.0 Å². The maximum Gasteiger partial charge on any atom is 0.372 e. The summed E-state index contributed by atoms with van der Waals surface area (Å²) in [6.45, 7) is 1.25. The van der Waals surface area contributed by atoms with Crippen molar-refractivity contribution in [3.8, 4) is 5.88 Å². The molecule has 0 amide bonds. The Labute approximate surface area is 114 Å². The van der Waals surface area contributed by atoms with Crippen LogP contribution in [0.1, 0.15) is 6.42 Å². The Morgan fingerprint density at radius 1 is 1.50 bits per heavy atom. The summed E-state index contributed by atoms with van der Waals surface area (Å²) in [4.78, 5) is 18.0. The minimum Gasteiger partial charge on any atom is -0.476 e. The predicted octanol–water partition coefficient (Wildman–Crippen LogP) is 1.09. The molecule has 0 aromatic carbocycles. The van der Waals surface area contributed by atoms with Crippen LogP contribution in [0.2, 0.25) is 0 Å². The summed E-state index contributed by atoms with van der Waals surface area (Å²) in [5, 5.41) is 18.0. The molecule has 2 aromatic heterocycles.